The Kier molecular flexibility index (Phi) is 5.22. The van der Waals surface area contributed by atoms with Crippen LogP contribution >= 0.6 is 0 Å². The van der Waals surface area contributed by atoms with Crippen molar-refractivity contribution in [1.29, 1.82) is 0 Å². The number of fused-ring (bicyclic) bond motifs is 1. The molecule has 0 amide bonds. The van der Waals surface area contributed by atoms with Gasteiger partial charge < -0.3 is 15.0 Å². The van der Waals surface area contributed by atoms with Crippen molar-refractivity contribution in [1.82, 2.24) is 14.9 Å². The highest BCUT2D eigenvalue weighted by Crippen LogP contribution is 2.38. The molecule has 1 aliphatic rings. The molecule has 2 aromatic carbocycles. The molecule has 158 valence electrons. The zero-order valence-electron chi connectivity index (χ0n) is 16.6. The van der Waals surface area contributed by atoms with Gasteiger partial charge in [-0.15, -0.1) is 0 Å². The van der Waals surface area contributed by atoms with Gasteiger partial charge in [0.1, 0.15) is 5.75 Å². The van der Waals surface area contributed by atoms with E-state index < -0.39 is 10.2 Å². The SMILES string of the molecule is CC(C)Oc1ccc(-c2nc(-c3cccc4c3CCC4NS(N)(=O)=O)no2)cc1N. The molecule has 0 bridgehead atoms. The smallest absolute Gasteiger partial charge is 0.274 e. The number of hydrogen-bond donors (Lipinski definition) is 3. The first kappa shape index (κ1) is 20.3. The lowest BCUT2D eigenvalue weighted by Gasteiger charge is -2.12. The second-order valence-electron chi connectivity index (χ2n) is 7.47. The predicted octanol–water partition coefficient (Wildman–Crippen LogP) is 2.55. The number of hydrogen-bond acceptors (Lipinski definition) is 7. The molecule has 0 saturated carbocycles. The summed E-state index contributed by atoms with van der Waals surface area (Å²) < 4.78 is 36.4. The van der Waals surface area contributed by atoms with Crippen LogP contribution in [0.25, 0.3) is 22.8 Å². The molecule has 0 spiro atoms. The molecule has 9 nitrogen and oxygen atoms in total. The van der Waals surface area contributed by atoms with Crippen LogP contribution in [-0.2, 0) is 16.6 Å². The number of rotatable bonds is 6. The van der Waals surface area contributed by atoms with Crippen molar-refractivity contribution in [2.75, 3.05) is 5.73 Å². The molecule has 10 heteroatoms. The van der Waals surface area contributed by atoms with E-state index in [4.69, 9.17) is 20.1 Å². The van der Waals surface area contributed by atoms with Gasteiger partial charge in [0, 0.05) is 17.2 Å². The molecule has 1 atom stereocenters. The number of benzene rings is 2. The van der Waals surface area contributed by atoms with Gasteiger partial charge in [-0.3, -0.25) is 0 Å². The molecule has 1 heterocycles. The minimum atomic E-state index is -3.80. The van der Waals surface area contributed by atoms with E-state index in [0.29, 0.717) is 41.6 Å². The largest absolute Gasteiger partial charge is 0.489 e. The van der Waals surface area contributed by atoms with Crippen molar-refractivity contribution in [2.45, 2.75) is 38.8 Å². The maximum absolute atomic E-state index is 11.4. The number of anilines is 1. The van der Waals surface area contributed by atoms with Gasteiger partial charge in [0.2, 0.25) is 5.82 Å². The van der Waals surface area contributed by atoms with Gasteiger partial charge >= 0.3 is 0 Å². The minimum Gasteiger partial charge on any atom is -0.489 e. The molecule has 1 aliphatic carbocycles. The molecule has 4 rings (SSSR count). The summed E-state index contributed by atoms with van der Waals surface area (Å²) in [5.74, 6) is 1.37. The quantitative estimate of drug-likeness (QED) is 0.510. The summed E-state index contributed by atoms with van der Waals surface area (Å²) in [5.41, 5.74) is 9.90. The Morgan fingerprint density at radius 1 is 1.27 bits per heavy atom. The molecule has 1 unspecified atom stereocenters. The molecule has 0 aliphatic heterocycles. The highest BCUT2D eigenvalue weighted by Gasteiger charge is 2.28. The van der Waals surface area contributed by atoms with Gasteiger partial charge in [0.25, 0.3) is 16.1 Å². The number of nitrogens with two attached hydrogens (primary N) is 2. The maximum Gasteiger partial charge on any atom is 0.274 e. The predicted molar refractivity (Wildman–Crippen MR) is 113 cm³/mol. The zero-order valence-corrected chi connectivity index (χ0v) is 17.4. The van der Waals surface area contributed by atoms with Crippen LogP contribution in [0.5, 0.6) is 5.75 Å². The Labute approximate surface area is 174 Å². The van der Waals surface area contributed by atoms with Gasteiger partial charge in [0.05, 0.1) is 11.8 Å². The molecule has 1 aromatic heterocycles. The first-order chi connectivity index (χ1) is 14.2. The number of nitrogens with zero attached hydrogens (tertiary/aromatic N) is 2. The average molecular weight is 430 g/mol. The van der Waals surface area contributed by atoms with E-state index in [1.165, 1.54) is 0 Å². The molecule has 5 N–H and O–H groups in total. The summed E-state index contributed by atoms with van der Waals surface area (Å²) in [5, 5.41) is 9.26. The molecular weight excluding hydrogens is 406 g/mol. The number of ether oxygens (including phenoxy) is 1. The fourth-order valence-electron chi connectivity index (χ4n) is 3.68. The Hall–Kier alpha value is -2.95. The average Bonchev–Trinajstić information content (AvgIpc) is 3.29. The highest BCUT2D eigenvalue weighted by molar-refractivity contribution is 7.87. The molecule has 0 radical (unpaired) electrons. The Bertz CT molecular complexity index is 1190. The van der Waals surface area contributed by atoms with Crippen LogP contribution in [-0.4, -0.2) is 24.7 Å². The van der Waals surface area contributed by atoms with Crippen LogP contribution in [0.3, 0.4) is 0 Å². The summed E-state index contributed by atoms with van der Waals surface area (Å²) in [6.07, 6.45) is 1.30. The standard InChI is InChI=1S/C20H23N5O4S/c1-11(2)28-18-9-6-12(10-16(18)21)20-23-19(24-29-20)15-5-3-4-14-13(15)7-8-17(14)25-30(22,26)27/h3-6,9-11,17,25H,7-8,21H2,1-2H3,(H2,22,26,27). The summed E-state index contributed by atoms with van der Waals surface area (Å²) in [7, 11) is -3.80. The molecular formula is C20H23N5O4S. The molecule has 0 saturated heterocycles. The van der Waals surface area contributed by atoms with E-state index in [1.54, 1.807) is 12.1 Å². The molecule has 3 aromatic rings. The topological polar surface area (TPSA) is 146 Å². The Morgan fingerprint density at radius 2 is 2.07 bits per heavy atom. The monoisotopic (exact) mass is 429 g/mol. The van der Waals surface area contributed by atoms with Gasteiger partial charge in [-0.25, -0.2) is 5.14 Å². The minimum absolute atomic E-state index is 0.0147. The second kappa shape index (κ2) is 7.71. The van der Waals surface area contributed by atoms with Gasteiger partial charge in [-0.2, -0.15) is 18.1 Å². The number of aromatic nitrogens is 2. The van der Waals surface area contributed by atoms with Crippen LogP contribution < -0.4 is 20.3 Å². The second-order valence-corrected chi connectivity index (χ2v) is 8.80. The van der Waals surface area contributed by atoms with E-state index in [-0.39, 0.29) is 12.1 Å². The summed E-state index contributed by atoms with van der Waals surface area (Å²) >= 11 is 0. The van der Waals surface area contributed by atoms with Crippen molar-refractivity contribution in [2.24, 2.45) is 5.14 Å². The first-order valence-corrected chi connectivity index (χ1v) is 11.1. The number of nitrogens with one attached hydrogen (secondary N) is 1. The van der Waals surface area contributed by atoms with Gasteiger partial charge in [0.15, 0.2) is 0 Å². The third-order valence-corrected chi connectivity index (χ3v) is 5.48. The fraction of sp³-hybridized carbons (Fsp3) is 0.300. The van der Waals surface area contributed by atoms with E-state index in [0.717, 1.165) is 16.7 Å². The van der Waals surface area contributed by atoms with Crippen LogP contribution in [0.4, 0.5) is 5.69 Å². The lowest BCUT2D eigenvalue weighted by Crippen LogP contribution is -2.33. The maximum atomic E-state index is 11.4. The lowest BCUT2D eigenvalue weighted by atomic mass is 10.0. The van der Waals surface area contributed by atoms with Crippen molar-refractivity contribution in [3.63, 3.8) is 0 Å². The fourth-order valence-corrected chi connectivity index (χ4v) is 4.32. The Balaban J connectivity index is 1.64. The normalized spacial score (nSPS) is 16.1. The molecule has 0 fully saturated rings. The van der Waals surface area contributed by atoms with Crippen molar-refractivity contribution in [3.05, 3.63) is 47.5 Å². The van der Waals surface area contributed by atoms with Crippen molar-refractivity contribution >= 4 is 15.9 Å². The Morgan fingerprint density at radius 3 is 2.77 bits per heavy atom. The van der Waals surface area contributed by atoms with Crippen molar-refractivity contribution in [3.8, 4) is 28.6 Å². The van der Waals surface area contributed by atoms with E-state index in [1.807, 2.05) is 38.1 Å². The summed E-state index contributed by atoms with van der Waals surface area (Å²) in [4.78, 5) is 4.52. The van der Waals surface area contributed by atoms with E-state index >= 15 is 0 Å². The van der Waals surface area contributed by atoms with Crippen molar-refractivity contribution < 1.29 is 17.7 Å². The van der Waals surface area contributed by atoms with Crippen LogP contribution in [0, 0.1) is 0 Å². The van der Waals surface area contributed by atoms with E-state index in [9.17, 15) is 8.42 Å². The van der Waals surface area contributed by atoms with E-state index in [2.05, 4.69) is 14.9 Å². The zero-order chi connectivity index (χ0) is 21.5. The van der Waals surface area contributed by atoms with Crippen LogP contribution in [0.2, 0.25) is 0 Å². The summed E-state index contributed by atoms with van der Waals surface area (Å²) in [6.45, 7) is 3.86. The molecule has 30 heavy (non-hydrogen) atoms. The highest BCUT2D eigenvalue weighted by atomic mass is 32.2. The van der Waals surface area contributed by atoms with Gasteiger partial charge in [-0.05, 0) is 56.0 Å². The van der Waals surface area contributed by atoms with Crippen LogP contribution in [0.1, 0.15) is 37.4 Å². The number of nitrogen functional groups attached to an aromatic ring is 1. The first-order valence-electron chi connectivity index (χ1n) is 9.54. The van der Waals surface area contributed by atoms with Gasteiger partial charge in [-0.1, -0.05) is 23.4 Å². The van der Waals surface area contributed by atoms with Crippen LogP contribution in [0.15, 0.2) is 40.9 Å². The third kappa shape index (κ3) is 4.16. The lowest BCUT2D eigenvalue weighted by molar-refractivity contribution is 0.244. The third-order valence-electron chi connectivity index (χ3n) is 4.86. The summed E-state index contributed by atoms with van der Waals surface area (Å²) in [6, 6.07) is 10.6.